The Morgan fingerprint density at radius 2 is 1.00 bits per heavy atom. The number of hydrogen-bond donors (Lipinski definition) is 4. The molecule has 0 aliphatic rings. The van der Waals surface area contributed by atoms with Crippen molar-refractivity contribution < 1.29 is 20.9 Å². The fraction of sp³-hybridized carbons (Fsp3) is 0. The molecule has 0 aromatic rings. The van der Waals surface area contributed by atoms with Crippen LogP contribution < -0.4 is 0 Å². The predicted molar refractivity (Wildman–Crippen MR) is 34.3 cm³/mol. The molecule has 0 amide bonds. The van der Waals surface area contributed by atoms with Crippen LogP contribution in [0.5, 0.6) is 0 Å². The van der Waals surface area contributed by atoms with E-state index in [4.69, 9.17) is 13.5 Å². The van der Waals surface area contributed by atoms with E-state index in [1.807, 2.05) is 0 Å². The molecule has 4 N–H and O–H groups in total. The van der Waals surface area contributed by atoms with Crippen LogP contribution in [0.25, 0.3) is 0 Å². The minimum absolute atomic E-state index is 0. The van der Waals surface area contributed by atoms with E-state index in [1.54, 1.807) is 0 Å². The molecular formula is H4Na2O7Sb2. The van der Waals surface area contributed by atoms with Gasteiger partial charge in [-0.25, -0.2) is 0 Å². The quantitative estimate of drug-likeness (QED) is 0.345. The van der Waals surface area contributed by atoms with E-state index in [2.05, 4.69) is 1.29 Å². The Hall–Kier alpha value is 3.04. The van der Waals surface area contributed by atoms with Gasteiger partial charge in [-0.05, 0) is 0 Å². The molecule has 0 fully saturated rings. The van der Waals surface area contributed by atoms with Crippen molar-refractivity contribution in [2.75, 3.05) is 0 Å². The first-order valence-corrected chi connectivity index (χ1v) is 10.3. The van der Waals surface area contributed by atoms with Gasteiger partial charge < -0.3 is 0 Å². The molecule has 0 aliphatic heterocycles. The van der Waals surface area contributed by atoms with Crippen molar-refractivity contribution >= 4 is 99.2 Å². The van der Waals surface area contributed by atoms with Crippen LogP contribution in [0, 0.1) is 0 Å². The van der Waals surface area contributed by atoms with Gasteiger partial charge in [-0.3, -0.25) is 0 Å². The maximum absolute atomic E-state index is 9.74. The zero-order chi connectivity index (χ0) is 7.71. The Labute approximate surface area is 117 Å². The van der Waals surface area contributed by atoms with Gasteiger partial charge in [0, 0.05) is 59.1 Å². The third-order valence-corrected chi connectivity index (χ3v) is 9.57. The van der Waals surface area contributed by atoms with Crippen LogP contribution in [0.15, 0.2) is 0 Å². The zero-order valence-corrected chi connectivity index (χ0v) is 15.0. The van der Waals surface area contributed by atoms with Gasteiger partial charge in [0.05, 0.1) is 0 Å². The van der Waals surface area contributed by atoms with E-state index in [-0.39, 0.29) is 59.1 Å². The second-order valence-electron chi connectivity index (χ2n) is 1.06. The molecule has 0 heterocycles. The topological polar surface area (TPSA) is 124 Å². The van der Waals surface area contributed by atoms with Crippen LogP contribution in [-0.4, -0.2) is 113 Å². The van der Waals surface area contributed by atoms with Crippen molar-refractivity contribution in [3.8, 4) is 0 Å². The van der Waals surface area contributed by atoms with Gasteiger partial charge >= 0.3 is 61.0 Å². The molecule has 0 aromatic carbocycles. The molecule has 0 unspecified atom stereocenters. The second-order valence-corrected chi connectivity index (χ2v) is 10.3. The third kappa shape index (κ3) is 19.4. The van der Waals surface area contributed by atoms with Crippen LogP contribution in [-0.2, 0) is 7.33 Å². The Bertz CT molecular complexity index is 155. The summed E-state index contributed by atoms with van der Waals surface area (Å²) in [5.41, 5.74) is 0. The Morgan fingerprint density at radius 3 is 1.00 bits per heavy atom. The summed E-state index contributed by atoms with van der Waals surface area (Å²) in [5, 5.41) is 0. The van der Waals surface area contributed by atoms with Gasteiger partial charge in [-0.2, -0.15) is 0 Å². The molecule has 0 rings (SSSR count). The van der Waals surface area contributed by atoms with Gasteiger partial charge in [0.1, 0.15) is 0 Å². The maximum atomic E-state index is 9.74. The summed E-state index contributed by atoms with van der Waals surface area (Å²) in [7, 11) is 0. The first kappa shape index (κ1) is 19.6. The van der Waals surface area contributed by atoms with Gasteiger partial charge in [-0.15, -0.1) is 0 Å². The summed E-state index contributed by atoms with van der Waals surface area (Å²) >= 11 is -11.7. The molecular weight excluding hydrogens is 401 g/mol. The average Bonchev–Trinajstić information content (AvgIpc) is 1.14. The van der Waals surface area contributed by atoms with Gasteiger partial charge in [0.2, 0.25) is 0 Å². The SMILES string of the molecule is [Na].[Na].[O]=[Sb]([OH])([OH])[O][Sb](=[O])([OH])[OH]. The fourth-order valence-corrected chi connectivity index (χ4v) is 6.24. The van der Waals surface area contributed by atoms with E-state index in [0.717, 1.165) is 0 Å². The third-order valence-electron chi connectivity index (χ3n) is 0.213. The summed E-state index contributed by atoms with van der Waals surface area (Å²) in [4.78, 5) is 0. The van der Waals surface area contributed by atoms with Gasteiger partial charge in [0.25, 0.3) is 0 Å². The van der Waals surface area contributed by atoms with E-state index in [1.165, 1.54) is 0 Å². The Kier molecular flexibility index (Phi) is 13.1. The average molecular weight is 406 g/mol. The van der Waals surface area contributed by atoms with Gasteiger partial charge in [-0.1, -0.05) is 0 Å². The van der Waals surface area contributed by atoms with Crippen LogP contribution in [0.2, 0.25) is 0 Å². The summed E-state index contributed by atoms with van der Waals surface area (Å²) in [6, 6.07) is 0. The molecule has 2 radical (unpaired) electrons. The molecule has 0 aliphatic carbocycles. The van der Waals surface area contributed by atoms with E-state index < -0.39 is 40.1 Å². The molecule has 11 heavy (non-hydrogen) atoms. The summed E-state index contributed by atoms with van der Waals surface area (Å²) < 4.78 is 54.1. The first-order chi connectivity index (χ1) is 3.71. The van der Waals surface area contributed by atoms with Crippen molar-refractivity contribution in [1.82, 2.24) is 0 Å². The molecule has 58 valence electrons. The fourth-order valence-electron chi connectivity index (χ4n) is 0.139. The molecule has 11 heteroatoms. The number of hydrogen-bond acceptors (Lipinski definition) is 3. The molecule has 0 saturated heterocycles. The summed E-state index contributed by atoms with van der Waals surface area (Å²) in [6.45, 7) is 0. The Morgan fingerprint density at radius 1 is 0.818 bits per heavy atom. The molecule has 0 aromatic heterocycles. The van der Waals surface area contributed by atoms with Crippen molar-refractivity contribution in [1.29, 1.82) is 0 Å². The molecule has 0 atom stereocenters. The van der Waals surface area contributed by atoms with Crippen molar-refractivity contribution in [2.24, 2.45) is 0 Å². The van der Waals surface area contributed by atoms with Crippen LogP contribution in [0.4, 0.5) is 0 Å². The number of rotatable bonds is 2. The van der Waals surface area contributed by atoms with E-state index in [0.29, 0.717) is 0 Å². The molecule has 0 spiro atoms. The normalized spacial score (nSPS) is 11.3. The van der Waals surface area contributed by atoms with Crippen LogP contribution in [0.3, 0.4) is 0 Å². The van der Waals surface area contributed by atoms with Crippen LogP contribution in [0.1, 0.15) is 0 Å². The minimum atomic E-state index is -5.83. The predicted octanol–water partition coefficient (Wildman–Crippen LogP) is -4.06. The molecule has 0 bridgehead atoms. The molecule has 7 nitrogen and oxygen atoms in total. The van der Waals surface area contributed by atoms with E-state index >= 15 is 0 Å². The standard InChI is InChI=1S/2Na.4H2O.3O.2Sb/h;;4*1H2;;;;;/q;;;;;;;;;2*+2/p-4. The first-order valence-electron chi connectivity index (χ1n) is 1.53. The summed E-state index contributed by atoms with van der Waals surface area (Å²) in [5.74, 6) is 0. The van der Waals surface area contributed by atoms with Crippen molar-refractivity contribution in [3.63, 3.8) is 0 Å². The Balaban J connectivity index is -0.000000320. The monoisotopic (exact) mass is 404 g/mol. The second kappa shape index (κ2) is 7.34. The summed E-state index contributed by atoms with van der Waals surface area (Å²) in [6.07, 6.45) is 0. The van der Waals surface area contributed by atoms with Gasteiger partial charge in [0.15, 0.2) is 0 Å². The van der Waals surface area contributed by atoms with Crippen LogP contribution >= 0.6 is 0 Å². The van der Waals surface area contributed by atoms with Crippen molar-refractivity contribution in [3.05, 3.63) is 0 Å². The molecule has 0 saturated carbocycles. The van der Waals surface area contributed by atoms with E-state index in [9.17, 15) is 6.03 Å². The van der Waals surface area contributed by atoms with Crippen molar-refractivity contribution in [2.45, 2.75) is 0 Å². The zero-order valence-electron chi connectivity index (χ0n) is 5.91.